The number of aryl methyl sites for hydroxylation is 1. The van der Waals surface area contributed by atoms with Crippen molar-refractivity contribution in [2.75, 3.05) is 0 Å². The number of esters is 1. The van der Waals surface area contributed by atoms with Crippen LogP contribution in [0.25, 0.3) is 0 Å². The second-order valence-electron chi connectivity index (χ2n) is 9.87. The minimum atomic E-state index is -0.180. The molecule has 1 aromatic rings. The van der Waals surface area contributed by atoms with E-state index in [0.29, 0.717) is 11.5 Å². The second-order valence-corrected chi connectivity index (χ2v) is 9.87. The molecule has 174 valence electrons. The standard InChI is InChI=1S/C30H42O2/c1-3-5-6-9-26-16-20-28(21-17-26)30(31)32-29-22-18-27(19-23-29)11-8-7-10-25-14-12-24(4-2)13-15-25/h7,10,16-17,20-21,24-25,27,29H,3-6,9,12-15,18-19,22-23H2,1-2H3. The highest BCUT2D eigenvalue weighted by Crippen LogP contribution is 2.31. The average molecular weight is 435 g/mol. The van der Waals surface area contributed by atoms with E-state index in [4.69, 9.17) is 4.74 Å². The molecule has 0 atom stereocenters. The van der Waals surface area contributed by atoms with E-state index < -0.39 is 0 Å². The molecule has 0 aliphatic heterocycles. The number of allylic oxidation sites excluding steroid dienone is 2. The van der Waals surface area contributed by atoms with Gasteiger partial charge < -0.3 is 4.74 Å². The lowest BCUT2D eigenvalue weighted by molar-refractivity contribution is 0.0188. The normalized spacial score (nSPS) is 25.8. The van der Waals surface area contributed by atoms with Gasteiger partial charge in [-0.1, -0.05) is 63.2 Å². The topological polar surface area (TPSA) is 26.3 Å². The minimum absolute atomic E-state index is 0.0362. The Morgan fingerprint density at radius 1 is 0.969 bits per heavy atom. The summed E-state index contributed by atoms with van der Waals surface area (Å²) in [6.07, 6.45) is 19.9. The summed E-state index contributed by atoms with van der Waals surface area (Å²) in [5.41, 5.74) is 1.97. The summed E-state index contributed by atoms with van der Waals surface area (Å²) in [4.78, 5) is 12.5. The first kappa shape index (κ1) is 24.6. The molecule has 0 bridgehead atoms. The van der Waals surface area contributed by atoms with Crippen LogP contribution in [0, 0.1) is 29.6 Å². The molecule has 0 saturated heterocycles. The van der Waals surface area contributed by atoms with Crippen LogP contribution in [0.1, 0.15) is 107 Å². The fourth-order valence-corrected chi connectivity index (χ4v) is 5.07. The van der Waals surface area contributed by atoms with Crippen molar-refractivity contribution in [3.63, 3.8) is 0 Å². The molecule has 2 aliphatic carbocycles. The quantitative estimate of drug-likeness (QED) is 0.236. The van der Waals surface area contributed by atoms with Gasteiger partial charge in [-0.25, -0.2) is 4.79 Å². The fourth-order valence-electron chi connectivity index (χ4n) is 5.07. The van der Waals surface area contributed by atoms with Gasteiger partial charge in [-0.05, 0) is 99.8 Å². The Labute approximate surface area is 196 Å². The molecule has 2 fully saturated rings. The number of hydrogen-bond acceptors (Lipinski definition) is 2. The Morgan fingerprint density at radius 3 is 2.34 bits per heavy atom. The Morgan fingerprint density at radius 2 is 1.69 bits per heavy atom. The summed E-state index contributed by atoms with van der Waals surface area (Å²) in [7, 11) is 0. The maximum atomic E-state index is 12.5. The molecule has 0 heterocycles. The molecule has 0 radical (unpaired) electrons. The van der Waals surface area contributed by atoms with Crippen molar-refractivity contribution in [3.8, 4) is 11.8 Å². The zero-order valence-corrected chi connectivity index (χ0v) is 20.3. The smallest absolute Gasteiger partial charge is 0.338 e. The highest BCUT2D eigenvalue weighted by molar-refractivity contribution is 5.89. The molecule has 2 nitrogen and oxygen atoms in total. The molecule has 3 rings (SSSR count). The van der Waals surface area contributed by atoms with Gasteiger partial charge in [-0.2, -0.15) is 0 Å². The van der Waals surface area contributed by atoms with Crippen molar-refractivity contribution in [1.29, 1.82) is 0 Å². The third kappa shape index (κ3) is 8.16. The minimum Gasteiger partial charge on any atom is -0.459 e. The number of ether oxygens (including phenoxy) is 1. The summed E-state index contributed by atoms with van der Waals surface area (Å²) < 4.78 is 5.79. The number of rotatable bonds is 8. The van der Waals surface area contributed by atoms with E-state index in [1.54, 1.807) is 0 Å². The molecule has 0 spiro atoms. The summed E-state index contributed by atoms with van der Waals surface area (Å²) in [5, 5.41) is 0. The summed E-state index contributed by atoms with van der Waals surface area (Å²) in [6, 6.07) is 7.98. The predicted molar refractivity (Wildman–Crippen MR) is 133 cm³/mol. The zero-order chi connectivity index (χ0) is 22.6. The van der Waals surface area contributed by atoms with Gasteiger partial charge in [-0.15, -0.1) is 0 Å². The largest absolute Gasteiger partial charge is 0.459 e. The van der Waals surface area contributed by atoms with E-state index in [1.165, 1.54) is 56.9 Å². The van der Waals surface area contributed by atoms with E-state index in [2.05, 4.69) is 50.0 Å². The van der Waals surface area contributed by atoms with Crippen LogP contribution >= 0.6 is 0 Å². The first-order valence-corrected chi connectivity index (χ1v) is 13.2. The van der Waals surface area contributed by atoms with E-state index in [1.807, 2.05) is 12.1 Å². The molecular formula is C30H42O2. The van der Waals surface area contributed by atoms with Gasteiger partial charge in [-0.3, -0.25) is 0 Å². The molecule has 0 aromatic heterocycles. The Hall–Kier alpha value is -2.01. The van der Waals surface area contributed by atoms with Crippen LogP contribution in [0.5, 0.6) is 0 Å². The van der Waals surface area contributed by atoms with Crippen LogP contribution in [0.15, 0.2) is 36.4 Å². The molecule has 2 saturated carbocycles. The van der Waals surface area contributed by atoms with Crippen molar-refractivity contribution >= 4 is 5.97 Å². The van der Waals surface area contributed by atoms with Gasteiger partial charge >= 0.3 is 5.97 Å². The maximum absolute atomic E-state index is 12.5. The van der Waals surface area contributed by atoms with Crippen LogP contribution in [0.4, 0.5) is 0 Å². The molecule has 0 amide bonds. The van der Waals surface area contributed by atoms with Crippen molar-refractivity contribution < 1.29 is 9.53 Å². The van der Waals surface area contributed by atoms with Crippen LogP contribution in [-0.2, 0) is 11.2 Å². The van der Waals surface area contributed by atoms with Gasteiger partial charge in [0.25, 0.3) is 0 Å². The van der Waals surface area contributed by atoms with Gasteiger partial charge in [0.1, 0.15) is 6.10 Å². The predicted octanol–water partition coefficient (Wildman–Crippen LogP) is 7.91. The molecule has 32 heavy (non-hydrogen) atoms. The van der Waals surface area contributed by atoms with E-state index in [0.717, 1.165) is 43.9 Å². The van der Waals surface area contributed by atoms with Crippen LogP contribution < -0.4 is 0 Å². The Bertz CT molecular complexity index is 763. The molecule has 0 N–H and O–H groups in total. The molecule has 1 aromatic carbocycles. The number of carbonyl (C=O) groups excluding carboxylic acids is 1. The maximum Gasteiger partial charge on any atom is 0.338 e. The lowest BCUT2D eigenvalue weighted by atomic mass is 9.81. The van der Waals surface area contributed by atoms with Gasteiger partial charge in [0.05, 0.1) is 5.56 Å². The summed E-state index contributed by atoms with van der Waals surface area (Å²) >= 11 is 0. The lowest BCUT2D eigenvalue weighted by Crippen LogP contribution is -2.24. The SMILES string of the molecule is CCCCCc1ccc(C(=O)OC2CCC(C#CC=CC3CCC(CC)CC3)CC2)cc1. The van der Waals surface area contributed by atoms with Crippen molar-refractivity contribution in [2.45, 2.75) is 103 Å². The second kappa shape index (κ2) is 13.5. The van der Waals surface area contributed by atoms with Gasteiger partial charge in [0.15, 0.2) is 0 Å². The molecular weight excluding hydrogens is 392 g/mol. The van der Waals surface area contributed by atoms with E-state index in [-0.39, 0.29) is 12.1 Å². The third-order valence-corrected chi connectivity index (χ3v) is 7.41. The highest BCUT2D eigenvalue weighted by atomic mass is 16.5. The van der Waals surface area contributed by atoms with Gasteiger partial charge in [0.2, 0.25) is 0 Å². The number of benzene rings is 1. The number of carbonyl (C=O) groups is 1. The Kier molecular flexibility index (Phi) is 10.4. The first-order chi connectivity index (χ1) is 15.7. The van der Waals surface area contributed by atoms with E-state index >= 15 is 0 Å². The molecule has 2 heteroatoms. The number of hydrogen-bond donors (Lipinski definition) is 0. The van der Waals surface area contributed by atoms with Crippen molar-refractivity contribution in [2.24, 2.45) is 17.8 Å². The molecule has 0 unspecified atom stereocenters. The number of unbranched alkanes of at least 4 members (excludes halogenated alkanes) is 2. The fraction of sp³-hybridized carbons (Fsp3) is 0.633. The Balaban J connectivity index is 1.35. The lowest BCUT2D eigenvalue weighted by Gasteiger charge is -2.25. The first-order valence-electron chi connectivity index (χ1n) is 13.2. The summed E-state index contributed by atoms with van der Waals surface area (Å²) in [6.45, 7) is 4.53. The van der Waals surface area contributed by atoms with Crippen LogP contribution in [0.3, 0.4) is 0 Å². The monoisotopic (exact) mass is 434 g/mol. The van der Waals surface area contributed by atoms with Crippen LogP contribution in [-0.4, -0.2) is 12.1 Å². The van der Waals surface area contributed by atoms with Crippen molar-refractivity contribution in [1.82, 2.24) is 0 Å². The van der Waals surface area contributed by atoms with Crippen LogP contribution in [0.2, 0.25) is 0 Å². The average Bonchev–Trinajstić information content (AvgIpc) is 2.84. The third-order valence-electron chi connectivity index (χ3n) is 7.41. The van der Waals surface area contributed by atoms with Crippen molar-refractivity contribution in [3.05, 3.63) is 47.5 Å². The van der Waals surface area contributed by atoms with E-state index in [9.17, 15) is 4.79 Å². The van der Waals surface area contributed by atoms with Gasteiger partial charge in [0, 0.05) is 5.92 Å². The summed E-state index contributed by atoms with van der Waals surface area (Å²) in [5.74, 6) is 8.67. The highest BCUT2D eigenvalue weighted by Gasteiger charge is 2.23. The molecule has 2 aliphatic rings. The zero-order valence-electron chi connectivity index (χ0n) is 20.3.